The summed E-state index contributed by atoms with van der Waals surface area (Å²) in [5.74, 6) is -2.41. The van der Waals surface area contributed by atoms with Gasteiger partial charge in [-0.3, -0.25) is 0 Å². The van der Waals surface area contributed by atoms with Crippen molar-refractivity contribution in [3.8, 4) is 0 Å². The average molecular weight is 284 g/mol. The van der Waals surface area contributed by atoms with Gasteiger partial charge in [-0.25, -0.2) is 0 Å². The number of morpholine rings is 2. The summed E-state index contributed by atoms with van der Waals surface area (Å²) in [4.78, 5) is 2.80. The highest BCUT2D eigenvalue weighted by molar-refractivity contribution is 5.12. The van der Waals surface area contributed by atoms with E-state index in [2.05, 4.69) is 0 Å². The van der Waals surface area contributed by atoms with Crippen molar-refractivity contribution in [3.63, 3.8) is 0 Å². The quantitative estimate of drug-likeness (QED) is 0.715. The summed E-state index contributed by atoms with van der Waals surface area (Å²) in [6.45, 7) is 2.26. The molecule has 2 aliphatic heterocycles. The minimum absolute atomic E-state index is 0.260. The summed E-state index contributed by atoms with van der Waals surface area (Å²) < 4.78 is 61.9. The molecule has 2 heterocycles. The van der Waals surface area contributed by atoms with Crippen LogP contribution in [0, 0.1) is 0 Å². The molecular weight excluding hydrogens is 268 g/mol. The Morgan fingerprint density at radius 2 is 1.16 bits per heavy atom. The molecule has 2 fully saturated rings. The molecule has 0 amide bonds. The summed E-state index contributed by atoms with van der Waals surface area (Å²) in [5, 5.41) is 0. The molecule has 0 radical (unpaired) electrons. The maximum atomic E-state index is 13.7. The Kier molecular flexibility index (Phi) is 4.51. The molecule has 0 aromatic rings. The molecule has 0 spiro atoms. The van der Waals surface area contributed by atoms with E-state index in [9.17, 15) is 17.6 Å². The van der Waals surface area contributed by atoms with Crippen LogP contribution in [-0.4, -0.2) is 68.6 Å². The van der Waals surface area contributed by atoms with Crippen molar-refractivity contribution in [1.29, 1.82) is 0 Å². The number of hydrogen-bond donors (Lipinski definition) is 0. The monoisotopic (exact) mass is 284 g/mol. The summed E-state index contributed by atoms with van der Waals surface area (Å²) in [6.07, 6.45) is -4.97. The van der Waals surface area contributed by atoms with E-state index in [1.54, 1.807) is 0 Å². The third kappa shape index (κ3) is 3.50. The first-order valence-electron chi connectivity index (χ1n) is 6.12. The van der Waals surface area contributed by atoms with Gasteiger partial charge >= 0.3 is 6.18 Å². The maximum absolute atomic E-state index is 13.7. The standard InChI is InChI=1S/C11H16F4N2O2/c12-9(11(13,14)15)10(16-1-5-18-6-2-16)17-3-7-19-8-4-17/h1-8H2. The van der Waals surface area contributed by atoms with Gasteiger partial charge in [0.2, 0.25) is 5.83 Å². The lowest BCUT2D eigenvalue weighted by atomic mass is 10.3. The third-order valence-corrected chi connectivity index (χ3v) is 3.07. The molecular formula is C11H16F4N2O2. The van der Waals surface area contributed by atoms with E-state index < -0.39 is 12.0 Å². The molecule has 0 unspecified atom stereocenters. The molecule has 2 aliphatic rings. The van der Waals surface area contributed by atoms with Crippen molar-refractivity contribution in [2.75, 3.05) is 52.6 Å². The van der Waals surface area contributed by atoms with E-state index in [0.717, 1.165) is 0 Å². The van der Waals surface area contributed by atoms with E-state index in [4.69, 9.17) is 9.47 Å². The highest BCUT2D eigenvalue weighted by Gasteiger charge is 2.41. The van der Waals surface area contributed by atoms with E-state index in [1.807, 2.05) is 0 Å². The fraction of sp³-hybridized carbons (Fsp3) is 0.818. The molecule has 0 aromatic carbocycles. The predicted molar refractivity (Wildman–Crippen MR) is 59.0 cm³/mol. The van der Waals surface area contributed by atoms with E-state index in [-0.39, 0.29) is 32.0 Å². The summed E-state index contributed by atoms with van der Waals surface area (Å²) in [5.41, 5.74) is 0. The first-order chi connectivity index (χ1) is 9.00. The molecule has 8 heteroatoms. The van der Waals surface area contributed by atoms with Crippen LogP contribution >= 0.6 is 0 Å². The minimum atomic E-state index is -4.97. The predicted octanol–water partition coefficient (Wildman–Crippen LogP) is 1.35. The largest absolute Gasteiger partial charge is 0.446 e. The molecule has 0 N–H and O–H groups in total. The van der Waals surface area contributed by atoms with E-state index in [1.165, 1.54) is 9.80 Å². The third-order valence-electron chi connectivity index (χ3n) is 3.07. The van der Waals surface area contributed by atoms with Crippen LogP contribution in [0.5, 0.6) is 0 Å². The Labute approximate surface area is 108 Å². The number of alkyl halides is 3. The normalized spacial score (nSPS) is 21.5. The van der Waals surface area contributed by atoms with Crippen LogP contribution in [0.1, 0.15) is 0 Å². The summed E-state index contributed by atoms with van der Waals surface area (Å²) in [7, 11) is 0. The van der Waals surface area contributed by atoms with Crippen molar-refractivity contribution >= 4 is 0 Å². The maximum Gasteiger partial charge on any atom is 0.446 e. The molecule has 0 aliphatic carbocycles. The number of rotatable bonds is 2. The van der Waals surface area contributed by atoms with Gasteiger partial charge in [-0.1, -0.05) is 0 Å². The fourth-order valence-corrected chi connectivity index (χ4v) is 2.15. The Balaban J connectivity index is 2.26. The van der Waals surface area contributed by atoms with Gasteiger partial charge < -0.3 is 19.3 Å². The Morgan fingerprint density at radius 1 is 0.789 bits per heavy atom. The zero-order valence-electron chi connectivity index (χ0n) is 10.4. The summed E-state index contributed by atoms with van der Waals surface area (Å²) >= 11 is 0. The van der Waals surface area contributed by atoms with E-state index in [0.29, 0.717) is 26.4 Å². The van der Waals surface area contributed by atoms with Gasteiger partial charge in [-0.05, 0) is 0 Å². The molecule has 4 nitrogen and oxygen atoms in total. The van der Waals surface area contributed by atoms with Crippen LogP contribution < -0.4 is 0 Å². The summed E-state index contributed by atoms with van der Waals surface area (Å²) in [6, 6.07) is 0. The Hall–Kier alpha value is -1.02. The lowest BCUT2D eigenvalue weighted by Crippen LogP contribution is -2.47. The van der Waals surface area contributed by atoms with Crippen molar-refractivity contribution < 1.29 is 27.0 Å². The van der Waals surface area contributed by atoms with Crippen molar-refractivity contribution in [1.82, 2.24) is 9.80 Å². The SMILES string of the molecule is FC(=C(N1CCOCC1)N1CCOCC1)C(F)(F)F. The van der Waals surface area contributed by atoms with Gasteiger partial charge in [0, 0.05) is 26.2 Å². The molecule has 19 heavy (non-hydrogen) atoms. The number of halogens is 4. The zero-order valence-corrected chi connectivity index (χ0v) is 10.4. The first kappa shape index (κ1) is 14.4. The highest BCUT2D eigenvalue weighted by Crippen LogP contribution is 2.32. The second-order valence-electron chi connectivity index (χ2n) is 4.33. The number of ether oxygens (including phenoxy) is 2. The smallest absolute Gasteiger partial charge is 0.378 e. The first-order valence-corrected chi connectivity index (χ1v) is 6.12. The molecule has 2 rings (SSSR count). The molecule has 0 atom stereocenters. The van der Waals surface area contributed by atoms with Crippen LogP contribution in [0.3, 0.4) is 0 Å². The number of allylic oxidation sites excluding steroid dienone is 1. The van der Waals surface area contributed by atoms with Crippen LogP contribution in [-0.2, 0) is 9.47 Å². The van der Waals surface area contributed by atoms with Crippen molar-refractivity contribution in [3.05, 3.63) is 11.6 Å². The lowest BCUT2D eigenvalue weighted by molar-refractivity contribution is -0.116. The molecule has 0 saturated carbocycles. The Morgan fingerprint density at radius 3 is 1.47 bits per heavy atom. The number of hydrogen-bond acceptors (Lipinski definition) is 4. The second-order valence-corrected chi connectivity index (χ2v) is 4.33. The molecule has 2 saturated heterocycles. The van der Waals surface area contributed by atoms with Gasteiger partial charge in [0.1, 0.15) is 5.82 Å². The topological polar surface area (TPSA) is 24.9 Å². The van der Waals surface area contributed by atoms with Gasteiger partial charge in [-0.2, -0.15) is 17.6 Å². The highest BCUT2D eigenvalue weighted by atomic mass is 19.4. The lowest BCUT2D eigenvalue weighted by Gasteiger charge is -2.39. The zero-order chi connectivity index (χ0) is 13.9. The van der Waals surface area contributed by atoms with Gasteiger partial charge in [-0.15, -0.1) is 0 Å². The van der Waals surface area contributed by atoms with Crippen LogP contribution in [0.25, 0.3) is 0 Å². The van der Waals surface area contributed by atoms with Gasteiger partial charge in [0.05, 0.1) is 26.4 Å². The van der Waals surface area contributed by atoms with Gasteiger partial charge in [0.15, 0.2) is 0 Å². The van der Waals surface area contributed by atoms with Crippen LogP contribution in [0.4, 0.5) is 17.6 Å². The Bertz CT molecular complexity index is 314. The second kappa shape index (κ2) is 5.96. The molecule has 0 bridgehead atoms. The van der Waals surface area contributed by atoms with Crippen molar-refractivity contribution in [2.45, 2.75) is 6.18 Å². The van der Waals surface area contributed by atoms with Crippen molar-refractivity contribution in [2.24, 2.45) is 0 Å². The van der Waals surface area contributed by atoms with Crippen LogP contribution in [0.2, 0.25) is 0 Å². The van der Waals surface area contributed by atoms with E-state index >= 15 is 0 Å². The molecule has 0 aromatic heterocycles. The number of nitrogens with zero attached hydrogens (tertiary/aromatic N) is 2. The van der Waals surface area contributed by atoms with Crippen LogP contribution in [0.15, 0.2) is 11.6 Å². The average Bonchev–Trinajstić information content (AvgIpc) is 2.40. The van der Waals surface area contributed by atoms with Gasteiger partial charge in [0.25, 0.3) is 0 Å². The minimum Gasteiger partial charge on any atom is -0.378 e. The fourth-order valence-electron chi connectivity index (χ4n) is 2.15. The molecule has 110 valence electrons.